The number of benzene rings is 1. The van der Waals surface area contributed by atoms with Crippen molar-refractivity contribution in [3.63, 3.8) is 0 Å². The Bertz CT molecular complexity index is 284. The highest BCUT2D eigenvalue weighted by atomic mass is 79.9. The van der Waals surface area contributed by atoms with Gasteiger partial charge in [0.25, 0.3) is 0 Å². The van der Waals surface area contributed by atoms with Crippen LogP contribution < -0.4 is 0 Å². The number of thiocarbonyl (C=S) groups is 1. The van der Waals surface area contributed by atoms with Crippen molar-refractivity contribution in [2.75, 3.05) is 6.26 Å². The van der Waals surface area contributed by atoms with Crippen LogP contribution in [-0.4, -0.2) is 10.6 Å². The van der Waals surface area contributed by atoms with Crippen LogP contribution in [0.1, 0.15) is 5.56 Å². The van der Waals surface area contributed by atoms with Crippen LogP contribution in [0.5, 0.6) is 0 Å². The molecule has 0 aliphatic carbocycles. The Morgan fingerprint density at radius 1 is 1.46 bits per heavy atom. The normalized spacial score (nSPS) is 9.69. The molecule has 1 nitrogen and oxygen atoms in total. The van der Waals surface area contributed by atoms with Gasteiger partial charge in [0, 0.05) is 4.47 Å². The van der Waals surface area contributed by atoms with Gasteiger partial charge < -0.3 is 4.74 Å². The molecule has 1 aromatic carbocycles. The molecule has 0 N–H and O–H groups in total. The number of hydrogen-bond acceptors (Lipinski definition) is 3. The zero-order chi connectivity index (χ0) is 9.68. The first kappa shape index (κ1) is 11.0. The molecule has 13 heavy (non-hydrogen) atoms. The summed E-state index contributed by atoms with van der Waals surface area (Å²) in [5.41, 5.74) is 1.12. The molecule has 0 aromatic heterocycles. The van der Waals surface area contributed by atoms with Crippen molar-refractivity contribution in [1.29, 1.82) is 0 Å². The second kappa shape index (κ2) is 5.62. The minimum absolute atomic E-state index is 0.549. The lowest BCUT2D eigenvalue weighted by Gasteiger charge is -2.04. The maximum atomic E-state index is 5.30. The Morgan fingerprint density at radius 3 is 2.62 bits per heavy atom. The van der Waals surface area contributed by atoms with E-state index in [0.717, 1.165) is 10.0 Å². The summed E-state index contributed by atoms with van der Waals surface area (Å²) >= 11 is 9.73. The van der Waals surface area contributed by atoms with Gasteiger partial charge in [0.1, 0.15) is 6.61 Å². The summed E-state index contributed by atoms with van der Waals surface area (Å²) in [6.45, 7) is 0.549. The van der Waals surface area contributed by atoms with Crippen LogP contribution in [0.4, 0.5) is 0 Å². The van der Waals surface area contributed by atoms with Crippen LogP contribution in [0.15, 0.2) is 28.7 Å². The largest absolute Gasteiger partial charge is 0.474 e. The Kier molecular flexibility index (Phi) is 4.77. The Balaban J connectivity index is 2.46. The number of halogens is 1. The maximum absolute atomic E-state index is 5.30. The van der Waals surface area contributed by atoms with Crippen molar-refractivity contribution in [1.82, 2.24) is 0 Å². The molecule has 0 aliphatic heterocycles. The van der Waals surface area contributed by atoms with Gasteiger partial charge in [0.2, 0.25) is 4.38 Å². The molecule has 0 spiro atoms. The average Bonchev–Trinajstić information content (AvgIpc) is 2.16. The molecule has 0 unspecified atom stereocenters. The highest BCUT2D eigenvalue weighted by molar-refractivity contribution is 9.10. The minimum Gasteiger partial charge on any atom is -0.474 e. The zero-order valence-electron chi connectivity index (χ0n) is 7.12. The number of rotatable bonds is 2. The van der Waals surface area contributed by atoms with Crippen molar-refractivity contribution in [2.45, 2.75) is 6.61 Å². The first-order valence-electron chi connectivity index (χ1n) is 3.67. The van der Waals surface area contributed by atoms with E-state index in [-0.39, 0.29) is 0 Å². The quantitative estimate of drug-likeness (QED) is 0.764. The lowest BCUT2D eigenvalue weighted by atomic mass is 10.2. The molecule has 0 saturated carbocycles. The van der Waals surface area contributed by atoms with E-state index in [1.165, 1.54) is 11.8 Å². The minimum atomic E-state index is 0.549. The molecule has 0 saturated heterocycles. The van der Waals surface area contributed by atoms with E-state index in [1.807, 2.05) is 30.5 Å². The molecule has 0 radical (unpaired) electrons. The van der Waals surface area contributed by atoms with Gasteiger partial charge in [-0.3, -0.25) is 0 Å². The molecule has 0 atom stereocenters. The smallest absolute Gasteiger partial charge is 0.220 e. The van der Waals surface area contributed by atoms with E-state index in [9.17, 15) is 0 Å². The van der Waals surface area contributed by atoms with Crippen LogP contribution in [-0.2, 0) is 11.3 Å². The van der Waals surface area contributed by atoms with E-state index < -0.39 is 0 Å². The van der Waals surface area contributed by atoms with Gasteiger partial charge in [0.15, 0.2) is 0 Å². The van der Waals surface area contributed by atoms with E-state index >= 15 is 0 Å². The van der Waals surface area contributed by atoms with Crippen molar-refractivity contribution < 1.29 is 4.74 Å². The SMILES string of the molecule is CSC(=S)OCc1ccc(Br)cc1. The van der Waals surface area contributed by atoms with Gasteiger partial charge in [-0.15, -0.1) is 0 Å². The fraction of sp³-hybridized carbons (Fsp3) is 0.222. The van der Waals surface area contributed by atoms with E-state index in [2.05, 4.69) is 15.9 Å². The van der Waals surface area contributed by atoms with Crippen molar-refractivity contribution in [3.8, 4) is 0 Å². The number of ether oxygens (including phenoxy) is 1. The van der Waals surface area contributed by atoms with E-state index in [1.54, 1.807) is 0 Å². The predicted octanol–water partition coefficient (Wildman–Crippen LogP) is 3.61. The third-order valence-corrected chi connectivity index (χ3v) is 3.03. The molecule has 1 rings (SSSR count). The third-order valence-electron chi connectivity index (χ3n) is 1.44. The highest BCUT2D eigenvalue weighted by Gasteiger charge is 1.96. The molecule has 0 aliphatic rings. The van der Waals surface area contributed by atoms with Gasteiger partial charge in [-0.05, 0) is 36.2 Å². The van der Waals surface area contributed by atoms with Crippen molar-refractivity contribution in [2.24, 2.45) is 0 Å². The number of thioether (sulfide) groups is 1. The fourth-order valence-electron chi connectivity index (χ4n) is 0.782. The standard InChI is InChI=1S/C9H9BrOS2/c1-13-9(12)11-6-7-2-4-8(10)5-3-7/h2-5H,6H2,1H3. The number of hydrogen-bond donors (Lipinski definition) is 0. The van der Waals surface area contributed by atoms with Crippen LogP contribution in [0, 0.1) is 0 Å². The van der Waals surface area contributed by atoms with Crippen molar-refractivity contribution >= 4 is 44.3 Å². The Labute approximate surface area is 96.0 Å². The fourth-order valence-corrected chi connectivity index (χ4v) is 1.28. The molecule has 0 heterocycles. The molecular weight excluding hydrogens is 268 g/mol. The molecule has 0 fully saturated rings. The van der Waals surface area contributed by atoms with Gasteiger partial charge in [-0.1, -0.05) is 39.8 Å². The topological polar surface area (TPSA) is 9.23 Å². The summed E-state index contributed by atoms with van der Waals surface area (Å²) in [4.78, 5) is 0. The summed E-state index contributed by atoms with van der Waals surface area (Å²) < 4.78 is 6.96. The summed E-state index contributed by atoms with van der Waals surface area (Å²) in [5, 5.41) is 0. The van der Waals surface area contributed by atoms with Gasteiger partial charge in [-0.25, -0.2) is 0 Å². The van der Waals surface area contributed by atoms with Crippen molar-refractivity contribution in [3.05, 3.63) is 34.3 Å². The van der Waals surface area contributed by atoms with Gasteiger partial charge in [0.05, 0.1) is 0 Å². The van der Waals surface area contributed by atoms with Crippen LogP contribution in [0.2, 0.25) is 0 Å². The predicted molar refractivity (Wildman–Crippen MR) is 65.0 cm³/mol. The second-order valence-electron chi connectivity index (χ2n) is 2.37. The van der Waals surface area contributed by atoms with Crippen LogP contribution in [0.3, 0.4) is 0 Å². The monoisotopic (exact) mass is 276 g/mol. The van der Waals surface area contributed by atoms with Crippen LogP contribution in [0.25, 0.3) is 0 Å². The molecule has 70 valence electrons. The molecular formula is C9H9BrOS2. The Morgan fingerprint density at radius 2 is 2.08 bits per heavy atom. The molecule has 0 bridgehead atoms. The molecule has 4 heteroatoms. The van der Waals surface area contributed by atoms with Gasteiger partial charge >= 0.3 is 0 Å². The highest BCUT2D eigenvalue weighted by Crippen LogP contribution is 2.12. The summed E-state index contributed by atoms with van der Waals surface area (Å²) in [5.74, 6) is 0. The lowest BCUT2D eigenvalue weighted by molar-refractivity contribution is 0.310. The maximum Gasteiger partial charge on any atom is 0.220 e. The summed E-state index contributed by atoms with van der Waals surface area (Å²) in [7, 11) is 0. The zero-order valence-corrected chi connectivity index (χ0v) is 10.3. The average molecular weight is 277 g/mol. The first-order valence-corrected chi connectivity index (χ1v) is 6.10. The first-order chi connectivity index (χ1) is 6.22. The van der Waals surface area contributed by atoms with E-state index in [0.29, 0.717) is 11.0 Å². The third kappa shape index (κ3) is 4.11. The summed E-state index contributed by atoms with van der Waals surface area (Å²) in [6, 6.07) is 7.99. The Hall–Kier alpha value is -0.0600. The van der Waals surface area contributed by atoms with Gasteiger partial charge in [-0.2, -0.15) is 0 Å². The molecule has 1 aromatic rings. The van der Waals surface area contributed by atoms with E-state index in [4.69, 9.17) is 17.0 Å². The van der Waals surface area contributed by atoms with Crippen LogP contribution >= 0.6 is 39.9 Å². The second-order valence-corrected chi connectivity index (χ2v) is 4.69. The lowest BCUT2D eigenvalue weighted by Crippen LogP contribution is -1.96. The molecule has 0 amide bonds. The summed E-state index contributed by atoms with van der Waals surface area (Å²) in [6.07, 6.45) is 1.91.